The van der Waals surface area contributed by atoms with Crippen LogP contribution in [0.1, 0.15) is 17.3 Å². The van der Waals surface area contributed by atoms with Crippen molar-refractivity contribution in [1.29, 1.82) is 0 Å². The number of carbonyl (C=O) groups is 2. The van der Waals surface area contributed by atoms with Gasteiger partial charge in [0.15, 0.2) is 6.10 Å². The maximum absolute atomic E-state index is 11.8. The largest absolute Gasteiger partial charge is 0.480 e. The van der Waals surface area contributed by atoms with Crippen LogP contribution in [0.4, 0.5) is 0 Å². The third-order valence-corrected chi connectivity index (χ3v) is 2.40. The fourth-order valence-electron chi connectivity index (χ4n) is 1.54. The van der Waals surface area contributed by atoms with Crippen molar-refractivity contribution >= 4 is 11.8 Å². The fraction of sp³-hybridized carbons (Fsp3) is 0.273. The number of imide groups is 1. The van der Waals surface area contributed by atoms with E-state index in [9.17, 15) is 9.59 Å². The number of fused-ring (bicyclic) bond motifs is 1. The lowest BCUT2D eigenvalue weighted by Crippen LogP contribution is -2.38. The van der Waals surface area contributed by atoms with E-state index in [1.807, 2.05) is 0 Å². The van der Waals surface area contributed by atoms with Crippen molar-refractivity contribution in [3.63, 3.8) is 0 Å². The lowest BCUT2D eigenvalue weighted by Gasteiger charge is -2.14. The van der Waals surface area contributed by atoms with E-state index in [0.29, 0.717) is 11.3 Å². The van der Waals surface area contributed by atoms with Crippen LogP contribution in [-0.4, -0.2) is 29.9 Å². The first-order valence-electron chi connectivity index (χ1n) is 4.69. The lowest BCUT2D eigenvalue weighted by molar-refractivity contribution is -0.133. The number of rotatable bonds is 0. The number of carbonyl (C=O) groups excluding carboxylic acids is 2. The molecule has 4 nitrogen and oxygen atoms in total. The highest BCUT2D eigenvalue weighted by Crippen LogP contribution is 2.24. The van der Waals surface area contributed by atoms with Gasteiger partial charge in [-0.25, -0.2) is 0 Å². The molecule has 0 N–H and O–H groups in total. The van der Waals surface area contributed by atoms with E-state index in [-0.39, 0.29) is 11.8 Å². The first-order valence-corrected chi connectivity index (χ1v) is 4.69. The van der Waals surface area contributed by atoms with Gasteiger partial charge in [0.05, 0.1) is 5.56 Å². The van der Waals surface area contributed by atoms with E-state index in [1.165, 1.54) is 7.05 Å². The molecule has 0 aliphatic carbocycles. The summed E-state index contributed by atoms with van der Waals surface area (Å²) in [6, 6.07) is 6.86. The van der Waals surface area contributed by atoms with Crippen LogP contribution in [0.25, 0.3) is 0 Å². The number of amides is 2. The Labute approximate surface area is 87.4 Å². The Morgan fingerprint density at radius 3 is 2.67 bits per heavy atom. The quantitative estimate of drug-likeness (QED) is 0.595. The van der Waals surface area contributed by atoms with Gasteiger partial charge in [-0.05, 0) is 19.1 Å². The Balaban J connectivity index is 2.53. The molecule has 4 heteroatoms. The van der Waals surface area contributed by atoms with Gasteiger partial charge in [-0.1, -0.05) is 12.1 Å². The molecule has 1 aromatic carbocycles. The average Bonchev–Trinajstić information content (AvgIpc) is 2.32. The molecular formula is C11H11NO3. The van der Waals surface area contributed by atoms with Gasteiger partial charge in [0, 0.05) is 7.05 Å². The smallest absolute Gasteiger partial charge is 0.269 e. The summed E-state index contributed by atoms with van der Waals surface area (Å²) in [5, 5.41) is 0. The summed E-state index contributed by atoms with van der Waals surface area (Å²) in [6.45, 7) is 1.63. The van der Waals surface area contributed by atoms with Crippen molar-refractivity contribution in [2.75, 3.05) is 7.05 Å². The van der Waals surface area contributed by atoms with E-state index in [4.69, 9.17) is 4.74 Å². The summed E-state index contributed by atoms with van der Waals surface area (Å²) in [7, 11) is 1.46. The van der Waals surface area contributed by atoms with Crippen molar-refractivity contribution in [1.82, 2.24) is 4.90 Å². The highest BCUT2D eigenvalue weighted by molar-refractivity contribution is 6.08. The Morgan fingerprint density at radius 1 is 1.27 bits per heavy atom. The Morgan fingerprint density at radius 2 is 1.93 bits per heavy atom. The minimum Gasteiger partial charge on any atom is -0.480 e. The maximum atomic E-state index is 11.8. The van der Waals surface area contributed by atoms with Gasteiger partial charge in [0.25, 0.3) is 11.8 Å². The van der Waals surface area contributed by atoms with Gasteiger partial charge in [0.1, 0.15) is 5.75 Å². The van der Waals surface area contributed by atoms with Gasteiger partial charge >= 0.3 is 0 Å². The summed E-state index contributed by atoms with van der Waals surface area (Å²) < 4.78 is 5.40. The topological polar surface area (TPSA) is 46.6 Å². The summed E-state index contributed by atoms with van der Waals surface area (Å²) >= 11 is 0. The van der Waals surface area contributed by atoms with Crippen LogP contribution in [0, 0.1) is 0 Å². The first kappa shape index (κ1) is 9.71. The molecule has 15 heavy (non-hydrogen) atoms. The molecule has 2 amide bonds. The zero-order chi connectivity index (χ0) is 11.0. The molecule has 1 aliphatic heterocycles. The predicted molar refractivity (Wildman–Crippen MR) is 53.6 cm³/mol. The molecule has 0 aromatic heterocycles. The molecular weight excluding hydrogens is 194 g/mol. The number of para-hydroxylation sites is 1. The molecule has 1 aliphatic rings. The van der Waals surface area contributed by atoms with Crippen molar-refractivity contribution in [3.05, 3.63) is 29.8 Å². The van der Waals surface area contributed by atoms with Gasteiger partial charge in [-0.15, -0.1) is 0 Å². The fourth-order valence-corrected chi connectivity index (χ4v) is 1.54. The Kier molecular flexibility index (Phi) is 2.19. The molecule has 2 rings (SSSR count). The first-order chi connectivity index (χ1) is 7.11. The van der Waals surface area contributed by atoms with Crippen molar-refractivity contribution in [2.24, 2.45) is 0 Å². The van der Waals surface area contributed by atoms with Crippen LogP contribution in [0.15, 0.2) is 24.3 Å². The molecule has 0 radical (unpaired) electrons. The molecule has 1 unspecified atom stereocenters. The summed E-state index contributed by atoms with van der Waals surface area (Å²) in [6.07, 6.45) is -0.623. The van der Waals surface area contributed by atoms with Crippen molar-refractivity contribution < 1.29 is 14.3 Å². The Bertz CT molecular complexity index is 428. The second-order valence-corrected chi connectivity index (χ2v) is 3.46. The molecule has 0 fully saturated rings. The predicted octanol–water partition coefficient (Wildman–Crippen LogP) is 1.07. The number of likely N-dealkylation sites (N-methyl/N-ethyl adjacent to an activating group) is 1. The number of benzene rings is 1. The van der Waals surface area contributed by atoms with E-state index in [2.05, 4.69) is 0 Å². The van der Waals surface area contributed by atoms with Crippen molar-refractivity contribution in [3.8, 4) is 5.75 Å². The van der Waals surface area contributed by atoms with Crippen LogP contribution in [0.5, 0.6) is 5.75 Å². The van der Waals surface area contributed by atoms with Crippen LogP contribution < -0.4 is 4.74 Å². The summed E-state index contributed by atoms with van der Waals surface area (Å²) in [4.78, 5) is 24.5. The molecule has 0 spiro atoms. The van der Waals surface area contributed by atoms with Crippen LogP contribution in [-0.2, 0) is 4.79 Å². The minimum absolute atomic E-state index is 0.319. The Hall–Kier alpha value is -1.84. The molecule has 1 heterocycles. The van der Waals surface area contributed by atoms with Crippen LogP contribution in [0.3, 0.4) is 0 Å². The van der Waals surface area contributed by atoms with Gasteiger partial charge in [0.2, 0.25) is 0 Å². The number of hydrogen-bond acceptors (Lipinski definition) is 3. The van der Waals surface area contributed by atoms with E-state index in [1.54, 1.807) is 31.2 Å². The van der Waals surface area contributed by atoms with E-state index < -0.39 is 6.10 Å². The number of ether oxygens (including phenoxy) is 1. The zero-order valence-electron chi connectivity index (χ0n) is 8.56. The standard InChI is InChI=1S/C11H11NO3/c1-7-10(13)12(2)11(14)8-5-3-4-6-9(8)15-7/h3-7H,1-2H3. The molecule has 0 saturated carbocycles. The van der Waals surface area contributed by atoms with Crippen LogP contribution in [0.2, 0.25) is 0 Å². The minimum atomic E-state index is -0.623. The van der Waals surface area contributed by atoms with Gasteiger partial charge in [-0.2, -0.15) is 0 Å². The second-order valence-electron chi connectivity index (χ2n) is 3.46. The van der Waals surface area contributed by atoms with Crippen LogP contribution >= 0.6 is 0 Å². The van der Waals surface area contributed by atoms with Gasteiger partial charge < -0.3 is 4.74 Å². The molecule has 78 valence electrons. The monoisotopic (exact) mass is 205 g/mol. The number of nitrogens with zero attached hydrogens (tertiary/aromatic N) is 1. The third-order valence-electron chi connectivity index (χ3n) is 2.40. The zero-order valence-corrected chi connectivity index (χ0v) is 8.56. The van der Waals surface area contributed by atoms with Crippen molar-refractivity contribution in [2.45, 2.75) is 13.0 Å². The van der Waals surface area contributed by atoms with E-state index in [0.717, 1.165) is 4.90 Å². The maximum Gasteiger partial charge on any atom is 0.269 e. The molecule has 1 atom stereocenters. The second kappa shape index (κ2) is 3.38. The summed E-state index contributed by atoms with van der Waals surface area (Å²) in [5.74, 6) is -0.177. The average molecular weight is 205 g/mol. The highest BCUT2D eigenvalue weighted by Gasteiger charge is 2.30. The molecule has 0 saturated heterocycles. The molecule has 0 bridgehead atoms. The lowest BCUT2D eigenvalue weighted by atomic mass is 10.2. The highest BCUT2D eigenvalue weighted by atomic mass is 16.5. The normalized spacial score (nSPS) is 20.7. The van der Waals surface area contributed by atoms with E-state index >= 15 is 0 Å². The summed E-state index contributed by atoms with van der Waals surface area (Å²) in [5.41, 5.74) is 0.428. The number of hydrogen-bond donors (Lipinski definition) is 0. The third kappa shape index (κ3) is 1.48. The SMILES string of the molecule is CC1Oc2ccccc2C(=O)N(C)C1=O. The molecule has 1 aromatic rings. The van der Waals surface area contributed by atoms with Gasteiger partial charge in [-0.3, -0.25) is 14.5 Å².